The van der Waals surface area contributed by atoms with E-state index in [2.05, 4.69) is 86.4 Å². The number of esters is 4. The van der Waals surface area contributed by atoms with Crippen molar-refractivity contribution in [1.29, 1.82) is 0 Å². The van der Waals surface area contributed by atoms with E-state index in [1.54, 1.807) is 0 Å². The first-order chi connectivity index (χ1) is 31.4. The van der Waals surface area contributed by atoms with Crippen LogP contribution in [0, 0.1) is 0 Å². The minimum atomic E-state index is -0.506. The number of hydrogen-bond acceptors (Lipinski definition) is 10. The van der Waals surface area contributed by atoms with E-state index >= 15 is 0 Å². The quantitative estimate of drug-likeness (QED) is 0.0470. The zero-order valence-electron chi connectivity index (χ0n) is 36.3. The van der Waals surface area contributed by atoms with Crippen molar-refractivity contribution in [2.75, 3.05) is 9.80 Å². The summed E-state index contributed by atoms with van der Waals surface area (Å²) in [4.78, 5) is 51.8. The number of carbonyl (C=O) groups is 4. The predicted molar refractivity (Wildman–Crippen MR) is 253 cm³/mol. The van der Waals surface area contributed by atoms with Crippen LogP contribution in [-0.2, 0) is 70.0 Å². The summed E-state index contributed by atoms with van der Waals surface area (Å²) in [6.07, 6.45) is 4.56. The molecule has 10 nitrogen and oxygen atoms in total. The van der Waals surface area contributed by atoms with Gasteiger partial charge in [0.25, 0.3) is 0 Å². The van der Waals surface area contributed by atoms with E-state index in [-0.39, 0.29) is 26.4 Å². The molecule has 65 heavy (non-hydrogen) atoms. The monoisotopic (exact) mass is 864 g/mol. The summed E-state index contributed by atoms with van der Waals surface area (Å²) in [6.45, 7) is 18.8. The van der Waals surface area contributed by atoms with Crippen molar-refractivity contribution in [3.05, 3.63) is 217 Å². The summed E-state index contributed by atoms with van der Waals surface area (Å²) in [7, 11) is 0. The van der Waals surface area contributed by atoms with Crippen LogP contribution in [0.5, 0.6) is 0 Å². The van der Waals surface area contributed by atoms with Gasteiger partial charge in [-0.05, 0) is 117 Å². The molecule has 0 bridgehead atoms. The zero-order chi connectivity index (χ0) is 46.1. The molecule has 0 atom stereocenters. The van der Waals surface area contributed by atoms with Gasteiger partial charge in [-0.2, -0.15) is 0 Å². The van der Waals surface area contributed by atoms with Gasteiger partial charge in [0.05, 0.1) is 0 Å². The molecule has 10 heteroatoms. The Hall–Kier alpha value is -8.24. The van der Waals surface area contributed by atoms with Gasteiger partial charge in [-0.3, -0.25) is 0 Å². The molecule has 0 N–H and O–H groups in total. The van der Waals surface area contributed by atoms with Crippen molar-refractivity contribution in [1.82, 2.24) is 0 Å². The summed E-state index contributed by atoms with van der Waals surface area (Å²) in [5, 5.41) is 0. The third kappa shape index (κ3) is 10.2. The molecule has 0 aliphatic heterocycles. The number of benzene rings is 6. The van der Waals surface area contributed by atoms with Gasteiger partial charge in [0.1, 0.15) is 26.4 Å². The van der Waals surface area contributed by atoms with Crippen molar-refractivity contribution in [2.24, 2.45) is 0 Å². The lowest BCUT2D eigenvalue weighted by atomic mass is 9.82. The summed E-state index contributed by atoms with van der Waals surface area (Å²) >= 11 is 0. The lowest BCUT2D eigenvalue weighted by Crippen LogP contribution is -2.18. The Morgan fingerprint density at radius 2 is 0.723 bits per heavy atom. The standard InChI is InChI=1S/C55H48N2O8/c1-7-51(58)62-33-37-17-21-41(22-18-37)56(43-15-11-13-39(29-43)35-64-53(60)9-3)45-25-27-47-48-28-26-46(32-50(48)55(5,6)49(47)31-45)57(42-23-19-38(20-24-42)34-63-52(59)8-2)44-16-12-14-40(30-44)36-65-54(61)10-4/h7-32H,1-4,33-36H2,5-6H3. The van der Waals surface area contributed by atoms with Crippen molar-refractivity contribution >= 4 is 58.0 Å². The normalized spacial score (nSPS) is 11.8. The lowest BCUT2D eigenvalue weighted by Gasteiger charge is -2.29. The number of carbonyl (C=O) groups excluding carboxylic acids is 4. The van der Waals surface area contributed by atoms with Gasteiger partial charge in [0.2, 0.25) is 0 Å². The molecule has 6 aromatic rings. The molecule has 0 saturated heterocycles. The Bertz CT molecular complexity index is 2620. The second-order valence-electron chi connectivity index (χ2n) is 15.7. The number of nitrogens with zero attached hydrogens (tertiary/aromatic N) is 2. The van der Waals surface area contributed by atoms with E-state index in [0.717, 1.165) is 103 Å². The zero-order valence-corrected chi connectivity index (χ0v) is 36.3. The van der Waals surface area contributed by atoms with Crippen LogP contribution in [0.15, 0.2) is 184 Å². The lowest BCUT2D eigenvalue weighted by molar-refractivity contribution is -0.139. The van der Waals surface area contributed by atoms with Gasteiger partial charge in [0.15, 0.2) is 0 Å². The van der Waals surface area contributed by atoms with Crippen LogP contribution in [0.2, 0.25) is 0 Å². The largest absolute Gasteiger partial charge is 0.458 e. The van der Waals surface area contributed by atoms with E-state index in [4.69, 9.17) is 18.9 Å². The summed E-state index contributed by atoms with van der Waals surface area (Å²) in [6, 6.07) is 44.2. The average molecular weight is 865 g/mol. The van der Waals surface area contributed by atoms with E-state index in [0.29, 0.717) is 0 Å². The third-order valence-corrected chi connectivity index (χ3v) is 11.1. The first-order valence-electron chi connectivity index (χ1n) is 20.8. The molecule has 0 radical (unpaired) electrons. The molecule has 0 heterocycles. The molecule has 0 aromatic heterocycles. The molecule has 1 aliphatic carbocycles. The Kier molecular flexibility index (Phi) is 13.7. The maximum atomic E-state index is 12.0. The molecule has 7 rings (SSSR count). The number of fused-ring (bicyclic) bond motifs is 3. The van der Waals surface area contributed by atoms with E-state index < -0.39 is 29.3 Å². The Morgan fingerprint density at radius 1 is 0.415 bits per heavy atom. The van der Waals surface area contributed by atoms with Crippen molar-refractivity contribution in [3.63, 3.8) is 0 Å². The van der Waals surface area contributed by atoms with Crippen LogP contribution in [0.1, 0.15) is 47.2 Å². The highest BCUT2D eigenvalue weighted by Crippen LogP contribution is 2.52. The molecule has 0 spiro atoms. The van der Waals surface area contributed by atoms with Crippen LogP contribution in [0.25, 0.3) is 11.1 Å². The second kappa shape index (κ2) is 19.9. The topological polar surface area (TPSA) is 112 Å². The Balaban J connectivity index is 1.28. The Labute approximate surface area is 379 Å². The summed E-state index contributed by atoms with van der Waals surface area (Å²) in [5.41, 5.74) is 12.5. The van der Waals surface area contributed by atoms with Gasteiger partial charge >= 0.3 is 23.9 Å². The van der Waals surface area contributed by atoms with E-state index in [1.807, 2.05) is 97.1 Å². The minimum Gasteiger partial charge on any atom is -0.458 e. The van der Waals surface area contributed by atoms with E-state index in [9.17, 15) is 19.2 Å². The minimum absolute atomic E-state index is 0.0778. The smallest absolute Gasteiger partial charge is 0.330 e. The SMILES string of the molecule is C=CC(=O)OCc1ccc(N(c2cccc(COC(=O)C=C)c2)c2ccc3c(c2)C(C)(C)c2cc(N(c4ccc(COC(=O)C=C)cc4)c4cccc(COC(=O)C=C)c4)ccc2-3)cc1. The first-order valence-corrected chi connectivity index (χ1v) is 20.8. The fourth-order valence-corrected chi connectivity index (χ4v) is 7.79. The second-order valence-corrected chi connectivity index (χ2v) is 15.7. The van der Waals surface area contributed by atoms with E-state index in [1.165, 1.54) is 0 Å². The molecule has 0 unspecified atom stereocenters. The van der Waals surface area contributed by atoms with Crippen LogP contribution in [0.4, 0.5) is 34.1 Å². The van der Waals surface area contributed by atoms with Crippen molar-refractivity contribution in [2.45, 2.75) is 45.7 Å². The molecule has 0 amide bonds. The van der Waals surface area contributed by atoms with Gasteiger partial charge in [0, 0.05) is 63.8 Å². The highest BCUT2D eigenvalue weighted by molar-refractivity contribution is 5.89. The van der Waals surface area contributed by atoms with Gasteiger partial charge in [-0.25, -0.2) is 19.2 Å². The Morgan fingerprint density at radius 3 is 1.06 bits per heavy atom. The molecule has 1 aliphatic rings. The van der Waals surface area contributed by atoms with Crippen molar-refractivity contribution in [3.8, 4) is 11.1 Å². The molecule has 326 valence electrons. The van der Waals surface area contributed by atoms with Crippen LogP contribution in [-0.4, -0.2) is 23.9 Å². The van der Waals surface area contributed by atoms with Gasteiger partial charge in [-0.15, -0.1) is 0 Å². The number of anilines is 6. The molecular weight excluding hydrogens is 817 g/mol. The fraction of sp³-hybridized carbons (Fsp3) is 0.127. The third-order valence-electron chi connectivity index (χ3n) is 11.1. The predicted octanol–water partition coefficient (Wildman–Crippen LogP) is 11.8. The maximum absolute atomic E-state index is 12.0. The molecular formula is C55H48N2O8. The van der Waals surface area contributed by atoms with Crippen LogP contribution < -0.4 is 9.80 Å². The number of hydrogen-bond donors (Lipinski definition) is 0. The maximum Gasteiger partial charge on any atom is 0.330 e. The number of ether oxygens (including phenoxy) is 4. The molecule has 6 aromatic carbocycles. The number of rotatable bonds is 18. The first kappa shape index (κ1) is 44.8. The fourth-order valence-electron chi connectivity index (χ4n) is 7.79. The van der Waals surface area contributed by atoms with Gasteiger partial charge < -0.3 is 28.7 Å². The summed E-state index contributed by atoms with van der Waals surface area (Å²) < 4.78 is 21.4. The average Bonchev–Trinajstić information content (AvgIpc) is 3.56. The molecule has 0 saturated carbocycles. The molecule has 0 fully saturated rings. The van der Waals surface area contributed by atoms with Gasteiger partial charge in [-0.1, -0.05) is 101 Å². The van der Waals surface area contributed by atoms with Crippen LogP contribution in [0.3, 0.4) is 0 Å². The van der Waals surface area contributed by atoms with Crippen molar-refractivity contribution < 1.29 is 38.1 Å². The highest BCUT2D eigenvalue weighted by atomic mass is 16.5. The highest BCUT2D eigenvalue weighted by Gasteiger charge is 2.37. The van der Waals surface area contributed by atoms with Crippen LogP contribution >= 0.6 is 0 Å². The summed E-state index contributed by atoms with van der Waals surface area (Å²) in [5.74, 6) is -2.01.